The van der Waals surface area contributed by atoms with Gasteiger partial charge in [-0.2, -0.15) is 5.10 Å². The summed E-state index contributed by atoms with van der Waals surface area (Å²) in [5.74, 6) is 0.175. The molecule has 0 radical (unpaired) electrons. The molecule has 0 bridgehead atoms. The fourth-order valence-corrected chi connectivity index (χ4v) is 2.57. The summed E-state index contributed by atoms with van der Waals surface area (Å²) < 4.78 is 1.75. The van der Waals surface area contributed by atoms with E-state index in [0.717, 1.165) is 11.4 Å². The first kappa shape index (κ1) is 15.0. The minimum Gasteiger partial charge on any atom is -0.324 e. The average Bonchev–Trinajstić information content (AvgIpc) is 3.10. The number of rotatable bonds is 5. The third-order valence-electron chi connectivity index (χ3n) is 3.79. The zero-order chi connectivity index (χ0) is 16.1. The van der Waals surface area contributed by atoms with Crippen LogP contribution in [0.2, 0.25) is 0 Å². The molecule has 1 N–H and O–H groups in total. The third-order valence-corrected chi connectivity index (χ3v) is 3.79. The lowest BCUT2D eigenvalue weighted by Crippen LogP contribution is -2.16. The van der Waals surface area contributed by atoms with Gasteiger partial charge in [0.15, 0.2) is 0 Å². The summed E-state index contributed by atoms with van der Waals surface area (Å²) in [4.78, 5) is 12.4. The van der Waals surface area contributed by atoms with Crippen LogP contribution in [0.1, 0.15) is 24.8 Å². The van der Waals surface area contributed by atoms with Crippen LogP contribution in [-0.2, 0) is 4.79 Å². The molecule has 0 saturated heterocycles. The van der Waals surface area contributed by atoms with Crippen LogP contribution in [0.15, 0.2) is 73.1 Å². The first-order valence-corrected chi connectivity index (χ1v) is 7.68. The van der Waals surface area contributed by atoms with E-state index in [0.29, 0.717) is 6.42 Å². The third kappa shape index (κ3) is 3.66. The fourth-order valence-electron chi connectivity index (χ4n) is 2.57. The van der Waals surface area contributed by atoms with Gasteiger partial charge < -0.3 is 5.32 Å². The predicted octanol–water partition coefficient (Wildman–Crippen LogP) is 4.00. The number of hydrogen-bond donors (Lipinski definition) is 1. The maximum absolute atomic E-state index is 12.4. The minimum absolute atomic E-state index is 0.000888. The molecule has 3 aromatic rings. The molecule has 2 aromatic carbocycles. The van der Waals surface area contributed by atoms with E-state index in [9.17, 15) is 4.79 Å². The lowest BCUT2D eigenvalue weighted by molar-refractivity contribution is -0.116. The molecule has 0 spiro atoms. The molecule has 0 fully saturated rings. The van der Waals surface area contributed by atoms with E-state index in [1.165, 1.54) is 5.56 Å². The van der Waals surface area contributed by atoms with Crippen LogP contribution in [0.3, 0.4) is 0 Å². The number of aromatic nitrogens is 2. The second-order valence-electron chi connectivity index (χ2n) is 5.53. The van der Waals surface area contributed by atoms with Crippen molar-refractivity contribution in [1.29, 1.82) is 0 Å². The van der Waals surface area contributed by atoms with Gasteiger partial charge in [-0.15, -0.1) is 0 Å². The van der Waals surface area contributed by atoms with Crippen LogP contribution in [0.25, 0.3) is 5.69 Å². The molecule has 116 valence electrons. The highest BCUT2D eigenvalue weighted by Crippen LogP contribution is 2.22. The molecule has 4 heteroatoms. The molecule has 0 aliphatic rings. The topological polar surface area (TPSA) is 46.9 Å². The highest BCUT2D eigenvalue weighted by atomic mass is 16.1. The number of anilines is 1. The molecule has 1 aromatic heterocycles. The van der Waals surface area contributed by atoms with Crippen molar-refractivity contribution in [3.63, 3.8) is 0 Å². The molecular formula is C19H19N3O. The number of carbonyl (C=O) groups is 1. The van der Waals surface area contributed by atoms with Crippen molar-refractivity contribution in [3.05, 3.63) is 78.6 Å². The van der Waals surface area contributed by atoms with Crippen molar-refractivity contribution >= 4 is 11.6 Å². The van der Waals surface area contributed by atoms with Crippen LogP contribution < -0.4 is 5.32 Å². The highest BCUT2D eigenvalue weighted by molar-refractivity contribution is 5.93. The smallest absolute Gasteiger partial charge is 0.225 e. The second kappa shape index (κ2) is 6.92. The van der Waals surface area contributed by atoms with Crippen molar-refractivity contribution in [2.24, 2.45) is 0 Å². The SMILES string of the molecule is C[C@H](CC(=O)Nc1ccccc1-n1cccn1)c1ccccc1. The van der Waals surface area contributed by atoms with Gasteiger partial charge >= 0.3 is 0 Å². The Morgan fingerprint density at radius 2 is 1.83 bits per heavy atom. The second-order valence-corrected chi connectivity index (χ2v) is 5.53. The average molecular weight is 305 g/mol. The summed E-state index contributed by atoms with van der Waals surface area (Å²) in [7, 11) is 0. The molecule has 1 heterocycles. The molecule has 0 aliphatic carbocycles. The van der Waals surface area contributed by atoms with Gasteiger partial charge in [-0.25, -0.2) is 4.68 Å². The molecule has 4 nitrogen and oxygen atoms in total. The van der Waals surface area contributed by atoms with E-state index >= 15 is 0 Å². The number of hydrogen-bond acceptors (Lipinski definition) is 2. The van der Waals surface area contributed by atoms with E-state index in [-0.39, 0.29) is 11.8 Å². The molecule has 0 saturated carbocycles. The van der Waals surface area contributed by atoms with Crippen molar-refractivity contribution < 1.29 is 4.79 Å². The fraction of sp³-hybridized carbons (Fsp3) is 0.158. The molecule has 1 atom stereocenters. The highest BCUT2D eigenvalue weighted by Gasteiger charge is 2.13. The lowest BCUT2D eigenvalue weighted by Gasteiger charge is -2.14. The van der Waals surface area contributed by atoms with Crippen LogP contribution in [0.5, 0.6) is 0 Å². The zero-order valence-corrected chi connectivity index (χ0v) is 13.0. The molecular weight excluding hydrogens is 286 g/mol. The summed E-state index contributed by atoms with van der Waals surface area (Å²) in [6.45, 7) is 2.06. The Bertz CT molecular complexity index is 766. The van der Waals surface area contributed by atoms with Gasteiger partial charge in [-0.3, -0.25) is 4.79 Å². The molecule has 0 unspecified atom stereocenters. The van der Waals surface area contributed by atoms with E-state index < -0.39 is 0 Å². The van der Waals surface area contributed by atoms with Gasteiger partial charge in [0.1, 0.15) is 0 Å². The number of amides is 1. The summed E-state index contributed by atoms with van der Waals surface area (Å²) in [6.07, 6.45) is 4.02. The van der Waals surface area contributed by atoms with Crippen molar-refractivity contribution in [2.75, 3.05) is 5.32 Å². The van der Waals surface area contributed by atoms with Crippen LogP contribution in [0.4, 0.5) is 5.69 Å². The van der Waals surface area contributed by atoms with Crippen LogP contribution in [0, 0.1) is 0 Å². The Kier molecular flexibility index (Phi) is 4.52. The van der Waals surface area contributed by atoms with Gasteiger partial charge in [-0.1, -0.05) is 49.4 Å². The van der Waals surface area contributed by atoms with E-state index in [1.54, 1.807) is 10.9 Å². The van der Waals surface area contributed by atoms with Crippen molar-refractivity contribution in [2.45, 2.75) is 19.3 Å². The normalized spacial score (nSPS) is 11.9. The first-order chi connectivity index (χ1) is 11.2. The van der Waals surface area contributed by atoms with Crippen LogP contribution >= 0.6 is 0 Å². The lowest BCUT2D eigenvalue weighted by atomic mass is 9.97. The number of para-hydroxylation sites is 2. The van der Waals surface area contributed by atoms with E-state index in [4.69, 9.17) is 0 Å². The van der Waals surface area contributed by atoms with Gasteiger partial charge in [0.25, 0.3) is 0 Å². The molecule has 0 aliphatic heterocycles. The number of benzene rings is 2. The largest absolute Gasteiger partial charge is 0.324 e. The summed E-state index contributed by atoms with van der Waals surface area (Å²) in [6, 6.07) is 19.6. The monoisotopic (exact) mass is 305 g/mol. The maximum Gasteiger partial charge on any atom is 0.225 e. The van der Waals surface area contributed by atoms with Crippen LogP contribution in [-0.4, -0.2) is 15.7 Å². The Balaban J connectivity index is 1.72. The van der Waals surface area contributed by atoms with Gasteiger partial charge in [0, 0.05) is 18.8 Å². The molecule has 3 rings (SSSR count). The number of carbonyl (C=O) groups excluding carboxylic acids is 1. The summed E-state index contributed by atoms with van der Waals surface area (Å²) >= 11 is 0. The van der Waals surface area contributed by atoms with Gasteiger partial charge in [-0.05, 0) is 29.7 Å². The quantitative estimate of drug-likeness (QED) is 0.774. The van der Waals surface area contributed by atoms with Crippen molar-refractivity contribution in [1.82, 2.24) is 9.78 Å². The summed E-state index contributed by atoms with van der Waals surface area (Å²) in [5.41, 5.74) is 2.79. The molecule has 1 amide bonds. The number of nitrogens with zero attached hydrogens (tertiary/aromatic N) is 2. The summed E-state index contributed by atoms with van der Waals surface area (Å²) in [5, 5.41) is 7.23. The van der Waals surface area contributed by atoms with E-state index in [2.05, 4.69) is 29.5 Å². The predicted molar refractivity (Wildman–Crippen MR) is 91.7 cm³/mol. The molecule has 23 heavy (non-hydrogen) atoms. The Hall–Kier alpha value is -2.88. The Morgan fingerprint density at radius 3 is 2.57 bits per heavy atom. The van der Waals surface area contributed by atoms with Gasteiger partial charge in [0.2, 0.25) is 5.91 Å². The van der Waals surface area contributed by atoms with Gasteiger partial charge in [0.05, 0.1) is 11.4 Å². The first-order valence-electron chi connectivity index (χ1n) is 7.68. The number of nitrogens with one attached hydrogen (secondary N) is 1. The van der Waals surface area contributed by atoms with E-state index in [1.807, 2.05) is 54.7 Å². The standard InChI is InChI=1S/C19H19N3O/c1-15(16-8-3-2-4-9-16)14-19(23)21-17-10-5-6-11-18(17)22-13-7-12-20-22/h2-13,15H,14H2,1H3,(H,21,23)/t15-/m1/s1. The zero-order valence-electron chi connectivity index (χ0n) is 13.0. The maximum atomic E-state index is 12.4. The minimum atomic E-state index is 0.000888. The Morgan fingerprint density at radius 1 is 1.09 bits per heavy atom. The Labute approximate surface area is 135 Å². The van der Waals surface area contributed by atoms with Crippen molar-refractivity contribution in [3.8, 4) is 5.69 Å².